The summed E-state index contributed by atoms with van der Waals surface area (Å²) in [5, 5.41) is 17.4. The molecule has 1 aromatic carbocycles. The van der Waals surface area contributed by atoms with Crippen molar-refractivity contribution < 1.29 is 5.11 Å². The lowest BCUT2D eigenvalue weighted by atomic mass is 10.1. The molecule has 0 saturated heterocycles. The Morgan fingerprint density at radius 3 is 2.88 bits per heavy atom. The van der Waals surface area contributed by atoms with Crippen molar-refractivity contribution >= 4 is 0 Å². The van der Waals surface area contributed by atoms with Crippen LogP contribution in [0.15, 0.2) is 24.4 Å². The number of rotatable bonds is 3. The van der Waals surface area contributed by atoms with Gasteiger partial charge in [0.25, 0.3) is 0 Å². The zero-order valence-corrected chi connectivity index (χ0v) is 9.51. The van der Waals surface area contributed by atoms with Crippen LogP contribution in [0.4, 0.5) is 0 Å². The Hall–Kier alpha value is -1.84. The highest BCUT2D eigenvalue weighted by atomic mass is 16.3. The number of benzene rings is 1. The number of nitrogens with zero attached hydrogens (tertiary/aromatic N) is 3. The van der Waals surface area contributed by atoms with Crippen molar-refractivity contribution in [1.29, 1.82) is 0 Å². The standard InChI is InChI=1S/C12H15N3O/c1-3-6-15-11(8-13-14-15)10-4-5-12(16)9(2)7-10/h4-5,7-8,16H,3,6H2,1-2H3. The molecule has 0 unspecified atom stereocenters. The fourth-order valence-electron chi connectivity index (χ4n) is 1.67. The Kier molecular flexibility index (Phi) is 2.90. The molecule has 0 saturated carbocycles. The molecule has 0 aliphatic carbocycles. The minimum Gasteiger partial charge on any atom is -0.508 e. The highest BCUT2D eigenvalue weighted by Crippen LogP contribution is 2.24. The van der Waals surface area contributed by atoms with E-state index in [1.807, 2.05) is 23.7 Å². The Morgan fingerprint density at radius 1 is 1.38 bits per heavy atom. The van der Waals surface area contributed by atoms with E-state index >= 15 is 0 Å². The maximum atomic E-state index is 9.48. The zero-order valence-electron chi connectivity index (χ0n) is 9.51. The lowest BCUT2D eigenvalue weighted by Crippen LogP contribution is -2.01. The molecule has 2 aromatic rings. The van der Waals surface area contributed by atoms with E-state index in [4.69, 9.17) is 0 Å². The van der Waals surface area contributed by atoms with Gasteiger partial charge in [0, 0.05) is 12.1 Å². The van der Waals surface area contributed by atoms with Crippen LogP contribution in [-0.4, -0.2) is 20.1 Å². The summed E-state index contributed by atoms with van der Waals surface area (Å²) in [4.78, 5) is 0. The first-order valence-corrected chi connectivity index (χ1v) is 5.41. The molecule has 0 amide bonds. The van der Waals surface area contributed by atoms with Crippen LogP contribution < -0.4 is 0 Å². The lowest BCUT2D eigenvalue weighted by Gasteiger charge is -2.06. The topological polar surface area (TPSA) is 50.9 Å². The molecular formula is C12H15N3O. The number of phenols is 1. The summed E-state index contributed by atoms with van der Waals surface area (Å²) in [5.74, 6) is 0.318. The predicted molar refractivity (Wildman–Crippen MR) is 62.2 cm³/mol. The molecule has 0 fully saturated rings. The average Bonchev–Trinajstić information content (AvgIpc) is 2.71. The number of aromatic hydroxyl groups is 1. The van der Waals surface area contributed by atoms with Gasteiger partial charge in [0.1, 0.15) is 5.75 Å². The Balaban J connectivity index is 2.42. The van der Waals surface area contributed by atoms with Gasteiger partial charge < -0.3 is 5.11 Å². The number of aromatic nitrogens is 3. The Bertz CT molecular complexity index is 491. The first kappa shape index (κ1) is 10.7. The molecule has 0 bridgehead atoms. The molecule has 2 rings (SSSR count). The SMILES string of the molecule is CCCn1nncc1-c1ccc(O)c(C)c1. The molecule has 0 aliphatic rings. The second kappa shape index (κ2) is 4.35. The van der Waals surface area contributed by atoms with Gasteiger partial charge in [0.05, 0.1) is 11.9 Å². The highest BCUT2D eigenvalue weighted by molar-refractivity contribution is 5.61. The molecular weight excluding hydrogens is 202 g/mol. The van der Waals surface area contributed by atoms with Crippen LogP contribution in [-0.2, 0) is 6.54 Å². The van der Waals surface area contributed by atoms with E-state index in [0.717, 1.165) is 29.8 Å². The summed E-state index contributed by atoms with van der Waals surface area (Å²) in [6.07, 6.45) is 2.77. The molecule has 16 heavy (non-hydrogen) atoms. The Morgan fingerprint density at radius 2 is 2.19 bits per heavy atom. The van der Waals surface area contributed by atoms with Crippen molar-refractivity contribution in [2.45, 2.75) is 26.8 Å². The fourth-order valence-corrected chi connectivity index (χ4v) is 1.67. The third-order valence-electron chi connectivity index (χ3n) is 2.55. The summed E-state index contributed by atoms with van der Waals surface area (Å²) in [7, 11) is 0. The monoisotopic (exact) mass is 217 g/mol. The molecule has 1 heterocycles. The number of hydrogen-bond acceptors (Lipinski definition) is 3. The van der Waals surface area contributed by atoms with E-state index < -0.39 is 0 Å². The van der Waals surface area contributed by atoms with Crippen LogP contribution >= 0.6 is 0 Å². The summed E-state index contributed by atoms with van der Waals surface area (Å²) in [6, 6.07) is 5.53. The smallest absolute Gasteiger partial charge is 0.118 e. The Labute approximate surface area is 94.5 Å². The van der Waals surface area contributed by atoms with Crippen molar-refractivity contribution in [3.8, 4) is 17.0 Å². The van der Waals surface area contributed by atoms with Gasteiger partial charge in [0.2, 0.25) is 0 Å². The average molecular weight is 217 g/mol. The highest BCUT2D eigenvalue weighted by Gasteiger charge is 2.07. The van der Waals surface area contributed by atoms with Crippen LogP contribution in [0.1, 0.15) is 18.9 Å². The van der Waals surface area contributed by atoms with E-state index in [1.54, 1.807) is 12.3 Å². The van der Waals surface area contributed by atoms with Crippen molar-refractivity contribution in [3.05, 3.63) is 30.0 Å². The number of hydrogen-bond donors (Lipinski definition) is 1. The van der Waals surface area contributed by atoms with Crippen LogP contribution in [0, 0.1) is 6.92 Å². The van der Waals surface area contributed by atoms with Gasteiger partial charge in [0.15, 0.2) is 0 Å². The van der Waals surface area contributed by atoms with Gasteiger partial charge >= 0.3 is 0 Å². The summed E-state index contributed by atoms with van der Waals surface area (Å²) < 4.78 is 1.88. The summed E-state index contributed by atoms with van der Waals surface area (Å²) in [5.41, 5.74) is 2.89. The van der Waals surface area contributed by atoms with E-state index in [0.29, 0.717) is 5.75 Å². The van der Waals surface area contributed by atoms with Gasteiger partial charge in [-0.3, -0.25) is 0 Å². The maximum absolute atomic E-state index is 9.48. The minimum absolute atomic E-state index is 0.318. The normalized spacial score (nSPS) is 10.6. The zero-order chi connectivity index (χ0) is 11.5. The van der Waals surface area contributed by atoms with Gasteiger partial charge in [-0.15, -0.1) is 5.10 Å². The van der Waals surface area contributed by atoms with Crippen molar-refractivity contribution in [2.24, 2.45) is 0 Å². The first-order chi connectivity index (χ1) is 7.72. The quantitative estimate of drug-likeness (QED) is 0.858. The first-order valence-electron chi connectivity index (χ1n) is 5.41. The molecule has 4 heteroatoms. The van der Waals surface area contributed by atoms with Gasteiger partial charge in [-0.1, -0.05) is 12.1 Å². The molecule has 1 N–H and O–H groups in total. The molecule has 0 spiro atoms. The summed E-state index contributed by atoms with van der Waals surface area (Å²) in [6.45, 7) is 4.84. The molecule has 4 nitrogen and oxygen atoms in total. The number of phenolic OH excluding ortho intramolecular Hbond substituents is 1. The molecule has 1 aromatic heterocycles. The third kappa shape index (κ3) is 1.91. The van der Waals surface area contributed by atoms with E-state index in [-0.39, 0.29) is 0 Å². The van der Waals surface area contributed by atoms with Crippen LogP contribution in [0.25, 0.3) is 11.3 Å². The van der Waals surface area contributed by atoms with E-state index in [9.17, 15) is 5.11 Å². The molecule has 0 aliphatic heterocycles. The minimum atomic E-state index is 0.318. The largest absolute Gasteiger partial charge is 0.508 e. The van der Waals surface area contributed by atoms with Crippen molar-refractivity contribution in [3.63, 3.8) is 0 Å². The van der Waals surface area contributed by atoms with Crippen LogP contribution in [0.2, 0.25) is 0 Å². The molecule has 84 valence electrons. The maximum Gasteiger partial charge on any atom is 0.118 e. The number of aryl methyl sites for hydroxylation is 2. The van der Waals surface area contributed by atoms with E-state index in [2.05, 4.69) is 17.2 Å². The summed E-state index contributed by atoms with van der Waals surface area (Å²) >= 11 is 0. The van der Waals surface area contributed by atoms with Crippen molar-refractivity contribution in [1.82, 2.24) is 15.0 Å². The van der Waals surface area contributed by atoms with Gasteiger partial charge in [-0.25, -0.2) is 4.68 Å². The van der Waals surface area contributed by atoms with Gasteiger partial charge in [-0.05, 0) is 37.1 Å². The van der Waals surface area contributed by atoms with Crippen LogP contribution in [0.3, 0.4) is 0 Å². The third-order valence-corrected chi connectivity index (χ3v) is 2.55. The predicted octanol–water partition coefficient (Wildman–Crippen LogP) is 2.37. The van der Waals surface area contributed by atoms with Gasteiger partial charge in [-0.2, -0.15) is 0 Å². The molecule has 0 radical (unpaired) electrons. The lowest BCUT2D eigenvalue weighted by molar-refractivity contribution is 0.471. The second-order valence-electron chi connectivity index (χ2n) is 3.84. The second-order valence-corrected chi connectivity index (χ2v) is 3.84. The molecule has 0 atom stereocenters. The van der Waals surface area contributed by atoms with Crippen LogP contribution in [0.5, 0.6) is 5.75 Å². The van der Waals surface area contributed by atoms with E-state index in [1.165, 1.54) is 0 Å². The van der Waals surface area contributed by atoms with Crippen molar-refractivity contribution in [2.75, 3.05) is 0 Å². The fraction of sp³-hybridized carbons (Fsp3) is 0.333.